The first-order valence-electron chi connectivity index (χ1n) is 31.3. The van der Waals surface area contributed by atoms with Crippen LogP contribution in [0.3, 0.4) is 0 Å². The van der Waals surface area contributed by atoms with Crippen LogP contribution in [0.2, 0.25) is 0 Å². The maximum atomic E-state index is 13.5. The summed E-state index contributed by atoms with van der Waals surface area (Å²) in [5.41, 5.74) is -5.88. The van der Waals surface area contributed by atoms with E-state index in [1.165, 1.54) is 13.8 Å². The number of aliphatic carboxylic acids is 1. The molecule has 508 valence electrons. The Morgan fingerprint density at radius 1 is 0.562 bits per heavy atom. The first kappa shape index (κ1) is 69.1. The highest BCUT2D eigenvalue weighted by atomic mass is 16.8. The van der Waals surface area contributed by atoms with Crippen LogP contribution in [-0.2, 0) is 66.5 Å². The van der Waals surface area contributed by atoms with E-state index in [9.17, 15) is 85.9 Å². The van der Waals surface area contributed by atoms with Crippen LogP contribution in [0.1, 0.15) is 128 Å². The quantitative estimate of drug-likeness (QED) is 0.0514. The fourth-order valence-corrected chi connectivity index (χ4v) is 19.0. The Morgan fingerprint density at radius 3 is 1.73 bits per heavy atom. The van der Waals surface area contributed by atoms with Crippen molar-refractivity contribution in [3.05, 3.63) is 11.6 Å². The van der Waals surface area contributed by atoms with Gasteiger partial charge in [-0.25, -0.2) is 9.59 Å². The summed E-state index contributed by atoms with van der Waals surface area (Å²) in [7, 11) is 0. The van der Waals surface area contributed by atoms with Gasteiger partial charge in [0, 0.05) is 29.2 Å². The van der Waals surface area contributed by atoms with E-state index in [-0.39, 0.29) is 24.7 Å². The van der Waals surface area contributed by atoms with E-state index in [0.717, 1.165) is 0 Å². The zero-order chi connectivity index (χ0) is 65.5. The zero-order valence-corrected chi connectivity index (χ0v) is 52.3. The molecule has 5 heterocycles. The van der Waals surface area contributed by atoms with Crippen molar-refractivity contribution in [1.29, 1.82) is 0 Å². The van der Waals surface area contributed by atoms with E-state index in [1.54, 1.807) is 19.9 Å². The molecule has 0 aromatic carbocycles. The van der Waals surface area contributed by atoms with E-state index < -0.39 is 229 Å². The van der Waals surface area contributed by atoms with Crippen molar-refractivity contribution in [2.75, 3.05) is 13.2 Å². The van der Waals surface area contributed by atoms with Crippen LogP contribution in [0.4, 0.5) is 0 Å². The molecule has 5 saturated heterocycles. The Balaban J connectivity index is 0.972. The lowest BCUT2D eigenvalue weighted by Crippen LogP contribution is -2.77. The molecule has 0 aromatic heterocycles. The number of fused-ring (bicyclic) bond motifs is 4. The molecule has 14 N–H and O–H groups in total. The Bertz CT molecular complexity index is 2620. The summed E-state index contributed by atoms with van der Waals surface area (Å²) in [5.74, 6) is -3.82. The summed E-state index contributed by atoms with van der Waals surface area (Å²) in [6, 6.07) is 0. The highest BCUT2D eigenvalue weighted by Gasteiger charge is 2.86. The number of hydrogen-bond donors (Lipinski definition) is 14. The van der Waals surface area contributed by atoms with Crippen LogP contribution in [0.15, 0.2) is 11.6 Å². The number of ether oxygens (including phenoxy) is 11. The van der Waals surface area contributed by atoms with Crippen molar-refractivity contribution in [1.82, 2.24) is 0 Å². The van der Waals surface area contributed by atoms with Crippen LogP contribution in [-0.4, -0.2) is 262 Å². The minimum Gasteiger partial charge on any atom is -0.479 e. The molecule has 0 unspecified atom stereocenters. The highest BCUT2D eigenvalue weighted by molar-refractivity contribution is 5.87. The van der Waals surface area contributed by atoms with Crippen LogP contribution in [0.25, 0.3) is 0 Å². The Morgan fingerprint density at radius 2 is 1.12 bits per heavy atom. The number of esters is 2. The second kappa shape index (κ2) is 24.5. The van der Waals surface area contributed by atoms with E-state index in [2.05, 4.69) is 20.8 Å². The molecule has 10 rings (SSSR count). The van der Waals surface area contributed by atoms with Gasteiger partial charge in [-0.05, 0) is 100 Å². The van der Waals surface area contributed by atoms with E-state index in [0.29, 0.717) is 44.1 Å². The van der Waals surface area contributed by atoms with E-state index in [4.69, 9.17) is 52.1 Å². The molecular weight excluding hydrogens is 1180 g/mol. The first-order chi connectivity index (χ1) is 41.5. The number of aliphatic hydroxyl groups is 13. The SMILES string of the molecule is C/C=C(/C)C(=O)O[C@H]1[C@H](OC(C)=O)[C@@]23[C@@H](CC1(C)C)[C@]1(CC[C@H]4[C@]5(C)CC[C@@H](O[C@@H]6O[C@H](C(=O)O)[C@@H](O)[C@H](O[C@H]7O[C@@H](CO)[C@H](O)[C@@H](O)[C@@H]7O[C@H]7O[C@@H](C)[C@H](O)[C@@H](O)[C@@H]7O)[C@H]6O[C@H]6O[C@@H](CO)[C@H](O)[C@@H](O)[C@@H]6O)C(C)(C)[C@H]5CC[C@]4(C)[C@]1(C)C[C@@H]2O)O[C@@H]3O. The molecule has 10 fully saturated rings. The minimum absolute atomic E-state index is 0.0551. The Kier molecular flexibility index (Phi) is 19.0. The molecule has 1 spiro atoms. The molecule has 89 heavy (non-hydrogen) atoms. The molecule has 5 saturated carbocycles. The molecule has 5 aliphatic carbocycles. The largest absolute Gasteiger partial charge is 0.479 e. The lowest BCUT2D eigenvalue weighted by Gasteiger charge is -2.75. The van der Waals surface area contributed by atoms with Gasteiger partial charge in [0.05, 0.1) is 42.5 Å². The minimum atomic E-state index is -2.29. The highest BCUT2D eigenvalue weighted by Crippen LogP contribution is 2.82. The molecule has 33 atom stereocenters. The van der Waals surface area contributed by atoms with Gasteiger partial charge in [-0.3, -0.25) is 4.79 Å². The topological polar surface area (TPSA) is 436 Å². The maximum Gasteiger partial charge on any atom is 0.335 e. The third-order valence-electron chi connectivity index (χ3n) is 24.0. The third kappa shape index (κ3) is 10.6. The Labute approximate surface area is 516 Å². The molecule has 28 heteroatoms. The lowest BCUT2D eigenvalue weighted by atomic mass is 9.30. The number of carbonyl (C=O) groups excluding carboxylic acids is 2. The van der Waals surface area contributed by atoms with Crippen molar-refractivity contribution in [3.63, 3.8) is 0 Å². The average molecular weight is 1280 g/mol. The van der Waals surface area contributed by atoms with Crippen molar-refractivity contribution >= 4 is 17.9 Å². The lowest BCUT2D eigenvalue weighted by molar-refractivity contribution is -0.406. The van der Waals surface area contributed by atoms with Crippen molar-refractivity contribution in [3.8, 4) is 0 Å². The van der Waals surface area contributed by atoms with Gasteiger partial charge in [-0.1, -0.05) is 54.5 Å². The van der Waals surface area contributed by atoms with Gasteiger partial charge in [0.1, 0.15) is 91.6 Å². The molecule has 10 aliphatic rings. The number of aliphatic hydroxyl groups excluding tert-OH is 13. The fourth-order valence-electron chi connectivity index (χ4n) is 19.0. The summed E-state index contributed by atoms with van der Waals surface area (Å²) < 4.78 is 68.7. The molecular formula is C61H96O28. The van der Waals surface area contributed by atoms with E-state index in [1.807, 2.05) is 27.7 Å². The molecule has 0 amide bonds. The second-order valence-corrected chi connectivity index (χ2v) is 29.2. The second-order valence-electron chi connectivity index (χ2n) is 29.2. The first-order valence-corrected chi connectivity index (χ1v) is 31.3. The van der Waals surface area contributed by atoms with Gasteiger partial charge in [0.25, 0.3) is 0 Å². The Hall–Kier alpha value is -2.73. The van der Waals surface area contributed by atoms with Crippen LogP contribution < -0.4 is 0 Å². The van der Waals surface area contributed by atoms with E-state index >= 15 is 0 Å². The van der Waals surface area contributed by atoms with Crippen molar-refractivity contribution in [2.24, 2.45) is 50.2 Å². The molecule has 28 nitrogen and oxygen atoms in total. The van der Waals surface area contributed by atoms with Gasteiger partial charge in [0.2, 0.25) is 0 Å². The smallest absolute Gasteiger partial charge is 0.335 e. The predicted molar refractivity (Wildman–Crippen MR) is 298 cm³/mol. The standard InChI is InChI=1S/C61H96O28/c1-12-23(2)49(77)88-46-47(80-25(4)64)61-30(19-55(46,5)6)60(89-54(61)78)18-14-29-57(9)16-15-32(56(7,8)28(57)13-17-58(29,10)59(60,11)20-31(61)65)83-53-45(87-51-40(73)37(70)34(67)26(21-62)81-51)42(41(74)43(85-53)48(75)76)84-52-44(38(71)35(68)27(22-63)82-52)86-50-39(72)36(69)33(66)24(3)79-50/h12,24,26-47,50-54,62-63,65-74,78H,13-22H2,1-11H3,(H,75,76)/b23-12-/t24-,26-,27-,28+,29-,30-,31-,32+,33-,34-,35-,36+,37+,38+,39-,40-,41-,42-,43-,44-,45+,46-,47-,50+,51+,52+,53+,54-,57+,58-,59-,60-,61+/m0/s1. The molecule has 2 bridgehead atoms. The summed E-state index contributed by atoms with van der Waals surface area (Å²) in [5, 5.41) is 157. The fraction of sp³-hybridized carbons (Fsp3) is 0.918. The van der Waals surface area contributed by atoms with Crippen LogP contribution in [0, 0.1) is 50.2 Å². The third-order valence-corrected chi connectivity index (χ3v) is 24.0. The van der Waals surface area contributed by atoms with Gasteiger partial charge in [-0.15, -0.1) is 0 Å². The number of carbonyl (C=O) groups is 3. The summed E-state index contributed by atoms with van der Waals surface area (Å²) in [4.78, 5) is 40.0. The molecule has 0 radical (unpaired) electrons. The van der Waals surface area contributed by atoms with Gasteiger partial charge in [0.15, 0.2) is 43.7 Å². The molecule has 5 aliphatic heterocycles. The van der Waals surface area contributed by atoms with Gasteiger partial charge < -0.3 is 124 Å². The maximum absolute atomic E-state index is 13.5. The normalized spacial score (nSPS) is 53.5. The number of rotatable bonds is 14. The molecule has 0 aromatic rings. The average Bonchev–Trinajstić information content (AvgIpc) is 1.56. The summed E-state index contributed by atoms with van der Waals surface area (Å²) in [6.45, 7) is 18.6. The van der Waals surface area contributed by atoms with Gasteiger partial charge >= 0.3 is 17.9 Å². The zero-order valence-electron chi connectivity index (χ0n) is 52.3. The van der Waals surface area contributed by atoms with Crippen LogP contribution in [0.5, 0.6) is 0 Å². The number of carboxylic acid groups (broad SMARTS) is 1. The monoisotopic (exact) mass is 1280 g/mol. The van der Waals surface area contributed by atoms with Crippen molar-refractivity contribution < 1.29 is 138 Å². The van der Waals surface area contributed by atoms with Crippen LogP contribution >= 0.6 is 0 Å². The summed E-state index contributed by atoms with van der Waals surface area (Å²) >= 11 is 0. The number of hydrogen-bond acceptors (Lipinski definition) is 27. The van der Waals surface area contributed by atoms with Gasteiger partial charge in [-0.2, -0.15) is 0 Å². The number of carboxylic acids is 1. The summed E-state index contributed by atoms with van der Waals surface area (Å²) in [6.07, 6.45) is -39.2. The number of allylic oxidation sites excluding steroid dienone is 1. The van der Waals surface area contributed by atoms with Crippen molar-refractivity contribution in [2.45, 2.75) is 287 Å². The predicted octanol–water partition coefficient (Wildman–Crippen LogP) is -1.88.